The highest BCUT2D eigenvalue weighted by Crippen LogP contribution is 1.93. The monoisotopic (exact) mass is 161 g/mol. The molecule has 0 bridgehead atoms. The standard InChI is InChI=1S/C7H15NO3/c1-5(2)11-4-6(8)3-7(9)10/h5-6H,3-4,8H2,1-2H3,(H,9,10)/t6-/m0/s1. The second kappa shape index (κ2) is 5.09. The van der Waals surface area contributed by atoms with Crippen molar-refractivity contribution in [2.24, 2.45) is 5.73 Å². The molecule has 0 aliphatic rings. The Balaban J connectivity index is 3.37. The predicted octanol–water partition coefficient (Wildman–Crippen LogP) is 0.213. The minimum absolute atomic E-state index is 0.0350. The Morgan fingerprint density at radius 3 is 2.55 bits per heavy atom. The predicted molar refractivity (Wildman–Crippen MR) is 41.3 cm³/mol. The first-order valence-electron chi connectivity index (χ1n) is 3.61. The van der Waals surface area contributed by atoms with Crippen molar-refractivity contribution in [1.29, 1.82) is 0 Å². The Hall–Kier alpha value is -0.610. The lowest BCUT2D eigenvalue weighted by atomic mass is 10.2. The summed E-state index contributed by atoms with van der Waals surface area (Å²) in [6.07, 6.45) is 0.0713. The molecule has 0 rings (SSSR count). The molecule has 0 saturated carbocycles. The summed E-state index contributed by atoms with van der Waals surface area (Å²) in [7, 11) is 0. The molecular formula is C7H15NO3. The van der Waals surface area contributed by atoms with Gasteiger partial charge in [-0.2, -0.15) is 0 Å². The summed E-state index contributed by atoms with van der Waals surface area (Å²) in [6.45, 7) is 4.07. The van der Waals surface area contributed by atoms with E-state index in [2.05, 4.69) is 0 Å². The number of carbonyl (C=O) groups is 1. The van der Waals surface area contributed by atoms with Crippen LogP contribution >= 0.6 is 0 Å². The lowest BCUT2D eigenvalue weighted by molar-refractivity contribution is -0.137. The molecule has 0 fully saturated rings. The van der Waals surface area contributed by atoms with E-state index >= 15 is 0 Å². The van der Waals surface area contributed by atoms with Crippen LogP contribution in [0.4, 0.5) is 0 Å². The van der Waals surface area contributed by atoms with Crippen LogP contribution in [0.1, 0.15) is 20.3 Å². The molecule has 0 aliphatic heterocycles. The number of ether oxygens (including phenoxy) is 1. The fraction of sp³-hybridized carbons (Fsp3) is 0.857. The van der Waals surface area contributed by atoms with Crippen molar-refractivity contribution in [3.63, 3.8) is 0 Å². The summed E-state index contributed by atoms with van der Waals surface area (Å²) in [5, 5.41) is 8.31. The molecule has 0 aromatic carbocycles. The van der Waals surface area contributed by atoms with E-state index in [1.165, 1.54) is 0 Å². The van der Waals surface area contributed by atoms with Crippen molar-refractivity contribution >= 4 is 5.97 Å². The number of hydrogen-bond acceptors (Lipinski definition) is 3. The molecule has 0 heterocycles. The summed E-state index contributed by atoms with van der Waals surface area (Å²) in [4.78, 5) is 10.1. The van der Waals surface area contributed by atoms with Crippen LogP contribution in [0.3, 0.4) is 0 Å². The zero-order valence-corrected chi connectivity index (χ0v) is 6.91. The lowest BCUT2D eigenvalue weighted by Crippen LogP contribution is -2.30. The van der Waals surface area contributed by atoms with Gasteiger partial charge in [0.25, 0.3) is 0 Å². The average molecular weight is 161 g/mol. The van der Waals surface area contributed by atoms with Gasteiger partial charge in [-0.3, -0.25) is 4.79 Å². The molecular weight excluding hydrogens is 146 g/mol. The van der Waals surface area contributed by atoms with Crippen molar-refractivity contribution in [2.45, 2.75) is 32.4 Å². The molecule has 3 N–H and O–H groups in total. The SMILES string of the molecule is CC(C)OC[C@@H](N)CC(=O)O. The van der Waals surface area contributed by atoms with Crippen LogP contribution in [-0.4, -0.2) is 29.8 Å². The van der Waals surface area contributed by atoms with E-state index in [4.69, 9.17) is 15.6 Å². The van der Waals surface area contributed by atoms with Crippen LogP contribution in [0.5, 0.6) is 0 Å². The molecule has 0 aromatic heterocycles. The maximum absolute atomic E-state index is 10.1. The van der Waals surface area contributed by atoms with Gasteiger partial charge in [-0.25, -0.2) is 0 Å². The van der Waals surface area contributed by atoms with Gasteiger partial charge in [0.1, 0.15) is 0 Å². The topological polar surface area (TPSA) is 72.5 Å². The molecule has 0 spiro atoms. The number of nitrogens with two attached hydrogens (primary N) is 1. The van der Waals surface area contributed by atoms with E-state index in [1.807, 2.05) is 13.8 Å². The first-order chi connectivity index (χ1) is 5.02. The summed E-state index contributed by atoms with van der Waals surface area (Å²) >= 11 is 0. The van der Waals surface area contributed by atoms with Gasteiger partial charge >= 0.3 is 5.97 Å². The quantitative estimate of drug-likeness (QED) is 0.604. The Kier molecular flexibility index (Phi) is 4.81. The van der Waals surface area contributed by atoms with Crippen molar-refractivity contribution in [2.75, 3.05) is 6.61 Å². The van der Waals surface area contributed by atoms with Crippen molar-refractivity contribution in [1.82, 2.24) is 0 Å². The summed E-state index contributed by atoms with van der Waals surface area (Å²) in [5.74, 6) is -0.884. The third kappa shape index (κ3) is 7.29. The third-order valence-corrected chi connectivity index (χ3v) is 1.08. The maximum Gasteiger partial charge on any atom is 0.305 e. The largest absolute Gasteiger partial charge is 0.481 e. The lowest BCUT2D eigenvalue weighted by Gasteiger charge is -2.11. The van der Waals surface area contributed by atoms with Crippen LogP contribution in [0.15, 0.2) is 0 Å². The number of hydrogen-bond donors (Lipinski definition) is 2. The number of carboxylic acid groups (broad SMARTS) is 1. The van der Waals surface area contributed by atoms with Gasteiger partial charge in [0, 0.05) is 6.04 Å². The van der Waals surface area contributed by atoms with Crippen molar-refractivity contribution < 1.29 is 14.6 Å². The Morgan fingerprint density at radius 2 is 2.18 bits per heavy atom. The Morgan fingerprint density at radius 1 is 1.64 bits per heavy atom. The Labute approximate surface area is 66.3 Å². The number of aliphatic carboxylic acids is 1. The van der Waals surface area contributed by atoms with E-state index < -0.39 is 12.0 Å². The molecule has 0 amide bonds. The molecule has 0 unspecified atom stereocenters. The minimum Gasteiger partial charge on any atom is -0.481 e. The van der Waals surface area contributed by atoms with Crippen LogP contribution in [-0.2, 0) is 9.53 Å². The van der Waals surface area contributed by atoms with E-state index in [-0.39, 0.29) is 12.5 Å². The van der Waals surface area contributed by atoms with Crippen molar-refractivity contribution in [3.05, 3.63) is 0 Å². The van der Waals surface area contributed by atoms with Gasteiger partial charge in [0.15, 0.2) is 0 Å². The van der Waals surface area contributed by atoms with Gasteiger partial charge in [-0.05, 0) is 13.8 Å². The second-order valence-electron chi connectivity index (χ2n) is 2.74. The number of rotatable bonds is 5. The van der Waals surface area contributed by atoms with Gasteiger partial charge in [-0.15, -0.1) is 0 Å². The highest BCUT2D eigenvalue weighted by Gasteiger charge is 2.08. The summed E-state index contributed by atoms with van der Waals surface area (Å²) < 4.78 is 5.12. The first kappa shape index (κ1) is 10.4. The normalized spacial score (nSPS) is 13.5. The van der Waals surface area contributed by atoms with Crippen LogP contribution in [0, 0.1) is 0 Å². The summed E-state index contributed by atoms with van der Waals surface area (Å²) in [6, 6.07) is -0.394. The maximum atomic E-state index is 10.1. The van der Waals surface area contributed by atoms with Crippen molar-refractivity contribution in [3.8, 4) is 0 Å². The van der Waals surface area contributed by atoms with E-state index in [0.29, 0.717) is 6.61 Å². The zero-order chi connectivity index (χ0) is 8.85. The van der Waals surface area contributed by atoms with Gasteiger partial charge in [-0.1, -0.05) is 0 Å². The highest BCUT2D eigenvalue weighted by atomic mass is 16.5. The molecule has 0 saturated heterocycles. The molecule has 66 valence electrons. The van der Waals surface area contributed by atoms with E-state index in [1.54, 1.807) is 0 Å². The first-order valence-corrected chi connectivity index (χ1v) is 3.61. The van der Waals surface area contributed by atoms with Gasteiger partial charge in [0.2, 0.25) is 0 Å². The average Bonchev–Trinajstić information content (AvgIpc) is 1.82. The van der Waals surface area contributed by atoms with Gasteiger partial charge in [0.05, 0.1) is 19.1 Å². The van der Waals surface area contributed by atoms with Gasteiger partial charge < -0.3 is 15.6 Å². The highest BCUT2D eigenvalue weighted by molar-refractivity contribution is 5.67. The Bertz CT molecular complexity index is 125. The molecule has 11 heavy (non-hydrogen) atoms. The number of carboxylic acids is 1. The summed E-state index contributed by atoms with van der Waals surface area (Å²) in [5.41, 5.74) is 5.42. The molecule has 0 aliphatic carbocycles. The van der Waals surface area contributed by atoms with E-state index in [0.717, 1.165) is 0 Å². The van der Waals surface area contributed by atoms with Crippen LogP contribution in [0.2, 0.25) is 0 Å². The smallest absolute Gasteiger partial charge is 0.305 e. The van der Waals surface area contributed by atoms with Crippen LogP contribution < -0.4 is 5.73 Å². The molecule has 4 nitrogen and oxygen atoms in total. The molecule has 1 atom stereocenters. The van der Waals surface area contributed by atoms with E-state index in [9.17, 15) is 4.79 Å². The second-order valence-corrected chi connectivity index (χ2v) is 2.74. The third-order valence-electron chi connectivity index (χ3n) is 1.08. The molecule has 0 aromatic rings. The minimum atomic E-state index is -0.884. The van der Waals surface area contributed by atoms with Crippen LogP contribution in [0.25, 0.3) is 0 Å². The zero-order valence-electron chi connectivity index (χ0n) is 6.91. The molecule has 0 radical (unpaired) electrons. The molecule has 4 heteroatoms. The fourth-order valence-electron chi connectivity index (χ4n) is 0.599. The fourth-order valence-corrected chi connectivity index (χ4v) is 0.599.